The van der Waals surface area contributed by atoms with Crippen LogP contribution in [0.3, 0.4) is 0 Å². The topological polar surface area (TPSA) is 29.5 Å². The molecule has 0 radical (unpaired) electrons. The minimum atomic E-state index is 0.280. The van der Waals surface area contributed by atoms with Crippen molar-refractivity contribution in [2.24, 2.45) is 23.2 Å². The highest BCUT2D eigenvalue weighted by Gasteiger charge is 2.69. The summed E-state index contributed by atoms with van der Waals surface area (Å²) in [4.78, 5) is 0. The Kier molecular flexibility index (Phi) is 2.92. The van der Waals surface area contributed by atoms with Crippen molar-refractivity contribution < 1.29 is 9.84 Å². The molecule has 1 N–H and O–H groups in total. The smallest absolute Gasteiger partial charge is 0.135 e. The van der Waals surface area contributed by atoms with Gasteiger partial charge < -0.3 is 9.84 Å². The quantitative estimate of drug-likeness (QED) is 0.502. The Bertz CT molecular complexity index is 1310. The zero-order valence-electron chi connectivity index (χ0n) is 17.6. The fourth-order valence-electron chi connectivity index (χ4n) is 9.08. The van der Waals surface area contributed by atoms with Crippen LogP contribution in [-0.2, 0) is 5.41 Å². The van der Waals surface area contributed by atoms with E-state index in [2.05, 4.69) is 36.4 Å². The van der Waals surface area contributed by atoms with Crippen molar-refractivity contribution >= 4 is 16.3 Å². The number of rotatable bonds is 1. The molecule has 5 atom stereocenters. The van der Waals surface area contributed by atoms with Crippen molar-refractivity contribution in [2.75, 3.05) is 6.61 Å². The number of ether oxygens (including phenoxy) is 1. The molecule has 1 aliphatic heterocycles. The maximum atomic E-state index is 10.9. The van der Waals surface area contributed by atoms with Crippen LogP contribution in [0.5, 0.6) is 11.5 Å². The van der Waals surface area contributed by atoms with E-state index in [1.54, 1.807) is 16.7 Å². The van der Waals surface area contributed by atoms with Gasteiger partial charge in [-0.3, -0.25) is 0 Å². The summed E-state index contributed by atoms with van der Waals surface area (Å²) in [6.45, 7) is 0.739. The predicted molar refractivity (Wildman–Crippen MR) is 122 cm³/mol. The van der Waals surface area contributed by atoms with Gasteiger partial charge >= 0.3 is 0 Å². The summed E-state index contributed by atoms with van der Waals surface area (Å²) in [6, 6.07) is 21.5. The lowest BCUT2D eigenvalue weighted by molar-refractivity contribution is -0.0979. The molecular formula is C29H26O2. The molecule has 2 nitrogen and oxygen atoms in total. The van der Waals surface area contributed by atoms with Gasteiger partial charge in [0.15, 0.2) is 0 Å². The van der Waals surface area contributed by atoms with E-state index in [1.807, 2.05) is 24.3 Å². The van der Waals surface area contributed by atoms with Crippen molar-refractivity contribution in [3.63, 3.8) is 0 Å². The van der Waals surface area contributed by atoms with E-state index in [-0.39, 0.29) is 5.41 Å². The number of allylic oxidation sites excluding steroid dienone is 1. The highest BCUT2D eigenvalue weighted by atomic mass is 16.5. The molecule has 9 rings (SSSR count). The lowest BCUT2D eigenvalue weighted by Crippen LogP contribution is -2.64. The van der Waals surface area contributed by atoms with Crippen LogP contribution in [0.15, 0.2) is 66.2 Å². The number of phenols is 1. The van der Waals surface area contributed by atoms with Crippen LogP contribution in [0.25, 0.3) is 16.3 Å². The fraction of sp³-hybridized carbons (Fsp3) is 0.379. The van der Waals surface area contributed by atoms with Crippen LogP contribution < -0.4 is 4.74 Å². The van der Waals surface area contributed by atoms with Gasteiger partial charge in [0.25, 0.3) is 0 Å². The molecule has 31 heavy (non-hydrogen) atoms. The largest absolute Gasteiger partial charge is 0.507 e. The van der Waals surface area contributed by atoms with Gasteiger partial charge in [0.05, 0.1) is 0 Å². The second-order valence-electron chi connectivity index (χ2n) is 10.9. The van der Waals surface area contributed by atoms with Crippen molar-refractivity contribution in [1.29, 1.82) is 0 Å². The molecule has 5 aliphatic carbocycles. The van der Waals surface area contributed by atoms with Gasteiger partial charge in [-0.05, 0) is 78.0 Å². The van der Waals surface area contributed by atoms with Crippen LogP contribution in [0.2, 0.25) is 0 Å². The van der Waals surface area contributed by atoms with Crippen LogP contribution in [0, 0.1) is 23.2 Å². The van der Waals surface area contributed by atoms with Gasteiger partial charge in [0.1, 0.15) is 18.1 Å². The number of benzene rings is 3. The third-order valence-corrected chi connectivity index (χ3v) is 9.54. The first-order valence-corrected chi connectivity index (χ1v) is 11.9. The van der Waals surface area contributed by atoms with E-state index >= 15 is 0 Å². The number of hydrogen-bond donors (Lipinski definition) is 1. The van der Waals surface area contributed by atoms with Crippen molar-refractivity contribution in [3.8, 4) is 11.5 Å². The summed E-state index contributed by atoms with van der Waals surface area (Å²) in [7, 11) is 0. The molecule has 4 fully saturated rings. The molecule has 4 saturated carbocycles. The van der Waals surface area contributed by atoms with Gasteiger partial charge in [-0.1, -0.05) is 54.6 Å². The zero-order chi connectivity index (χ0) is 20.4. The number of fused-ring (bicyclic) bond motifs is 4. The van der Waals surface area contributed by atoms with Crippen LogP contribution in [0.4, 0.5) is 0 Å². The summed E-state index contributed by atoms with van der Waals surface area (Å²) >= 11 is 0. The normalized spacial score (nSPS) is 36.5. The molecule has 4 bridgehead atoms. The molecule has 1 spiro atoms. The van der Waals surface area contributed by atoms with Gasteiger partial charge in [-0.2, -0.15) is 0 Å². The summed E-state index contributed by atoms with van der Waals surface area (Å²) in [5.74, 6) is 3.70. The molecule has 0 amide bonds. The van der Waals surface area contributed by atoms with E-state index < -0.39 is 0 Å². The van der Waals surface area contributed by atoms with Gasteiger partial charge in [0, 0.05) is 21.8 Å². The molecule has 6 aliphatic rings. The summed E-state index contributed by atoms with van der Waals surface area (Å²) in [6.07, 6.45) is 6.69. The average molecular weight is 407 g/mol. The van der Waals surface area contributed by atoms with E-state index in [4.69, 9.17) is 4.74 Å². The van der Waals surface area contributed by atoms with Crippen molar-refractivity contribution in [2.45, 2.75) is 37.5 Å². The zero-order valence-corrected chi connectivity index (χ0v) is 17.6. The second-order valence-corrected chi connectivity index (χ2v) is 10.9. The fourth-order valence-corrected chi connectivity index (χ4v) is 9.08. The molecule has 3 aromatic carbocycles. The van der Waals surface area contributed by atoms with Crippen LogP contribution in [0.1, 0.15) is 43.2 Å². The third kappa shape index (κ3) is 1.88. The average Bonchev–Trinajstić information content (AvgIpc) is 2.78. The minimum absolute atomic E-state index is 0.280. The second kappa shape index (κ2) is 5.35. The standard InChI is InChI=1S/C29H26O2/c30-24-11-22-26-23(15-31-27(22)21-9-5-4-8-20(21)24)25-18-10-17-12-28(14-18,16-29(25,26)13-17)19-6-2-1-3-7-19/h1-9,11,17-18,25,30H,10,12-16H2. The molecule has 3 aromatic rings. The number of phenolic OH excluding ortho intramolecular Hbond substituents is 1. The minimum Gasteiger partial charge on any atom is -0.507 e. The van der Waals surface area contributed by atoms with Gasteiger partial charge in [-0.15, -0.1) is 0 Å². The van der Waals surface area contributed by atoms with E-state index in [1.165, 1.54) is 37.7 Å². The Morgan fingerprint density at radius 1 is 0.903 bits per heavy atom. The molecule has 5 unspecified atom stereocenters. The first-order chi connectivity index (χ1) is 15.2. The maximum Gasteiger partial charge on any atom is 0.135 e. The molecule has 2 heteroatoms. The highest BCUT2D eigenvalue weighted by Crippen LogP contribution is 2.78. The van der Waals surface area contributed by atoms with E-state index in [0.717, 1.165) is 35.0 Å². The number of hydrogen-bond acceptors (Lipinski definition) is 2. The molecule has 0 aromatic heterocycles. The van der Waals surface area contributed by atoms with Crippen molar-refractivity contribution in [3.05, 3.63) is 77.4 Å². The molecule has 154 valence electrons. The van der Waals surface area contributed by atoms with Gasteiger partial charge in [-0.25, -0.2) is 0 Å². The third-order valence-electron chi connectivity index (χ3n) is 9.54. The Morgan fingerprint density at radius 2 is 1.71 bits per heavy atom. The van der Waals surface area contributed by atoms with Crippen LogP contribution in [-0.4, -0.2) is 11.7 Å². The SMILES string of the molecule is Oc1cc2c(c3ccccc13)OCC1=C2C23CC4CC(CC(c5ccccc5)(C4)C2)C13. The summed E-state index contributed by atoms with van der Waals surface area (Å²) < 4.78 is 6.42. The van der Waals surface area contributed by atoms with Gasteiger partial charge in [0.2, 0.25) is 0 Å². The molecule has 1 heterocycles. The Balaban J connectivity index is 1.35. The van der Waals surface area contributed by atoms with E-state index in [9.17, 15) is 5.11 Å². The Labute approximate surface area is 182 Å². The van der Waals surface area contributed by atoms with Crippen LogP contribution >= 0.6 is 0 Å². The molecule has 0 saturated heterocycles. The van der Waals surface area contributed by atoms with E-state index in [0.29, 0.717) is 17.1 Å². The lowest BCUT2D eigenvalue weighted by Gasteiger charge is -2.72. The first kappa shape index (κ1) is 16.9. The summed E-state index contributed by atoms with van der Waals surface area (Å²) in [5.41, 5.74) is 6.45. The predicted octanol–water partition coefficient (Wildman–Crippen LogP) is 6.47. The summed E-state index contributed by atoms with van der Waals surface area (Å²) in [5, 5.41) is 12.8. The maximum absolute atomic E-state index is 10.9. The lowest BCUT2D eigenvalue weighted by atomic mass is 9.32. The first-order valence-electron chi connectivity index (χ1n) is 11.9. The number of aromatic hydroxyl groups is 1. The highest BCUT2D eigenvalue weighted by molar-refractivity contribution is 6.00. The Hall–Kier alpha value is -2.74. The Morgan fingerprint density at radius 3 is 2.58 bits per heavy atom. The monoisotopic (exact) mass is 406 g/mol. The molecular weight excluding hydrogens is 380 g/mol. The van der Waals surface area contributed by atoms with Crippen molar-refractivity contribution in [1.82, 2.24) is 0 Å².